The van der Waals surface area contributed by atoms with Crippen LogP contribution in [0.25, 0.3) is 0 Å². The van der Waals surface area contributed by atoms with Gasteiger partial charge in [0.1, 0.15) is 30.1 Å². The molecule has 7 rings (SSSR count). The Balaban J connectivity index is 1.29. The van der Waals surface area contributed by atoms with E-state index in [0.29, 0.717) is 13.2 Å². The molecule has 1 saturated heterocycles. The number of amides is 1. The van der Waals surface area contributed by atoms with Crippen molar-refractivity contribution in [3.05, 3.63) is 155 Å². The average Bonchev–Trinajstić information content (AvgIpc) is 3.50. The van der Waals surface area contributed by atoms with Crippen LogP contribution < -0.4 is 9.47 Å². The van der Waals surface area contributed by atoms with E-state index in [1.165, 1.54) is 0 Å². The summed E-state index contributed by atoms with van der Waals surface area (Å²) >= 11 is 0. The SMILES string of the molecule is O=C1N(C(c2ccccc2)c2ccccc2)C2CC=CC=C2C12COc1cc(OCc3ccccc3)ccc12. The monoisotopic (exact) mass is 511 g/mol. The van der Waals surface area contributed by atoms with Gasteiger partial charge in [-0.2, -0.15) is 0 Å². The molecular formula is C35H29NO3. The van der Waals surface area contributed by atoms with Crippen molar-refractivity contribution in [2.24, 2.45) is 0 Å². The van der Waals surface area contributed by atoms with E-state index in [9.17, 15) is 4.79 Å². The zero-order valence-electron chi connectivity index (χ0n) is 21.6. The molecule has 0 saturated carbocycles. The number of rotatable bonds is 6. The van der Waals surface area contributed by atoms with Crippen molar-refractivity contribution in [1.29, 1.82) is 0 Å². The minimum atomic E-state index is -0.843. The zero-order valence-corrected chi connectivity index (χ0v) is 21.6. The van der Waals surface area contributed by atoms with Crippen LogP contribution in [0, 0.1) is 0 Å². The van der Waals surface area contributed by atoms with E-state index in [-0.39, 0.29) is 18.0 Å². The third-order valence-electron chi connectivity index (χ3n) is 8.17. The van der Waals surface area contributed by atoms with Gasteiger partial charge in [0.2, 0.25) is 5.91 Å². The highest BCUT2D eigenvalue weighted by Gasteiger charge is 2.61. The van der Waals surface area contributed by atoms with Gasteiger partial charge in [0.25, 0.3) is 0 Å². The molecule has 0 radical (unpaired) electrons. The van der Waals surface area contributed by atoms with Crippen LogP contribution in [0.5, 0.6) is 11.5 Å². The van der Waals surface area contributed by atoms with Gasteiger partial charge in [-0.25, -0.2) is 0 Å². The largest absolute Gasteiger partial charge is 0.491 e. The number of likely N-dealkylation sites (tertiary alicyclic amines) is 1. The van der Waals surface area contributed by atoms with Crippen LogP contribution in [-0.2, 0) is 16.8 Å². The molecule has 1 spiro atoms. The molecule has 39 heavy (non-hydrogen) atoms. The van der Waals surface area contributed by atoms with Gasteiger partial charge in [-0.1, -0.05) is 115 Å². The van der Waals surface area contributed by atoms with Gasteiger partial charge in [-0.05, 0) is 34.8 Å². The summed E-state index contributed by atoms with van der Waals surface area (Å²) in [5.41, 5.74) is 4.51. The van der Waals surface area contributed by atoms with E-state index in [1.54, 1.807) is 0 Å². The van der Waals surface area contributed by atoms with Crippen LogP contribution in [0.2, 0.25) is 0 Å². The van der Waals surface area contributed by atoms with Crippen molar-refractivity contribution < 1.29 is 14.3 Å². The molecule has 2 atom stereocenters. The molecule has 1 fully saturated rings. The van der Waals surface area contributed by atoms with E-state index in [0.717, 1.165) is 45.7 Å². The minimum absolute atomic E-state index is 0.0449. The summed E-state index contributed by atoms with van der Waals surface area (Å²) < 4.78 is 12.4. The predicted octanol–water partition coefficient (Wildman–Crippen LogP) is 6.78. The van der Waals surface area contributed by atoms with Crippen molar-refractivity contribution in [3.63, 3.8) is 0 Å². The molecule has 2 aliphatic heterocycles. The predicted molar refractivity (Wildman–Crippen MR) is 152 cm³/mol. The first-order valence-electron chi connectivity index (χ1n) is 13.5. The second-order valence-electron chi connectivity index (χ2n) is 10.4. The van der Waals surface area contributed by atoms with Crippen LogP contribution in [0.4, 0.5) is 0 Å². The van der Waals surface area contributed by atoms with Crippen LogP contribution >= 0.6 is 0 Å². The quantitative estimate of drug-likeness (QED) is 0.286. The summed E-state index contributed by atoms with van der Waals surface area (Å²) in [6, 6.07) is 36.5. The van der Waals surface area contributed by atoms with Gasteiger partial charge in [0.15, 0.2) is 0 Å². The van der Waals surface area contributed by atoms with Gasteiger partial charge < -0.3 is 14.4 Å². The normalized spacial score (nSPS) is 21.1. The fraction of sp³-hybridized carbons (Fsp3) is 0.171. The molecule has 4 aromatic rings. The first kappa shape index (κ1) is 23.5. The van der Waals surface area contributed by atoms with E-state index >= 15 is 0 Å². The van der Waals surface area contributed by atoms with E-state index in [4.69, 9.17) is 9.47 Å². The van der Waals surface area contributed by atoms with Crippen LogP contribution in [0.3, 0.4) is 0 Å². The Hall–Kier alpha value is -4.57. The summed E-state index contributed by atoms with van der Waals surface area (Å²) in [6.07, 6.45) is 7.16. The van der Waals surface area contributed by atoms with E-state index < -0.39 is 5.41 Å². The smallest absolute Gasteiger partial charge is 0.242 e. The summed E-state index contributed by atoms with van der Waals surface area (Å²) in [5, 5.41) is 0. The number of carbonyl (C=O) groups is 1. The number of hydrogen-bond donors (Lipinski definition) is 0. The number of ether oxygens (including phenoxy) is 2. The fourth-order valence-electron chi connectivity index (χ4n) is 6.36. The maximum atomic E-state index is 14.8. The lowest BCUT2D eigenvalue weighted by Crippen LogP contribution is -2.42. The second kappa shape index (κ2) is 9.63. The lowest BCUT2D eigenvalue weighted by atomic mass is 9.74. The highest BCUT2D eigenvalue weighted by molar-refractivity contribution is 5.99. The highest BCUT2D eigenvalue weighted by Crippen LogP contribution is 2.55. The number of nitrogens with zero attached hydrogens (tertiary/aromatic N) is 1. The first-order chi connectivity index (χ1) is 19.3. The maximum Gasteiger partial charge on any atom is 0.242 e. The Kier molecular flexibility index (Phi) is 5.81. The molecule has 0 aromatic heterocycles. The summed E-state index contributed by atoms with van der Waals surface area (Å²) in [6.45, 7) is 0.775. The fourth-order valence-corrected chi connectivity index (χ4v) is 6.36. The Labute approximate surface area is 228 Å². The number of hydrogen-bond acceptors (Lipinski definition) is 3. The summed E-state index contributed by atoms with van der Waals surface area (Å²) in [7, 11) is 0. The van der Waals surface area contributed by atoms with Crippen molar-refractivity contribution in [1.82, 2.24) is 4.90 Å². The van der Waals surface area contributed by atoms with Gasteiger partial charge in [0.05, 0.1) is 12.1 Å². The topological polar surface area (TPSA) is 38.8 Å². The standard InChI is InChI=1S/C35H29NO3/c37-34-35(24-39-32-22-28(20-21-30(32)35)38-23-25-12-4-1-5-13-25)29-18-10-11-19-31(29)36(34)33(26-14-6-2-7-15-26)27-16-8-3-9-17-27/h1-18,20-22,31,33H,19,23-24H2. The van der Waals surface area contributed by atoms with Crippen molar-refractivity contribution >= 4 is 5.91 Å². The molecule has 192 valence electrons. The van der Waals surface area contributed by atoms with E-state index in [1.807, 2.05) is 84.9 Å². The Morgan fingerprint density at radius 1 is 0.872 bits per heavy atom. The average molecular weight is 512 g/mol. The maximum absolute atomic E-state index is 14.8. The molecule has 3 aliphatic rings. The third kappa shape index (κ3) is 3.87. The zero-order chi connectivity index (χ0) is 26.2. The molecule has 2 heterocycles. The van der Waals surface area contributed by atoms with E-state index in [2.05, 4.69) is 47.4 Å². The van der Waals surface area contributed by atoms with Crippen molar-refractivity contribution in [2.75, 3.05) is 6.61 Å². The van der Waals surface area contributed by atoms with Crippen molar-refractivity contribution in [3.8, 4) is 11.5 Å². The molecule has 1 aliphatic carbocycles. The molecule has 4 heteroatoms. The summed E-state index contributed by atoms with van der Waals surface area (Å²) in [4.78, 5) is 16.9. The number of benzene rings is 4. The van der Waals surface area contributed by atoms with Crippen molar-refractivity contribution in [2.45, 2.75) is 30.5 Å². The Bertz CT molecular complexity index is 1520. The van der Waals surface area contributed by atoms with Crippen LogP contribution in [0.1, 0.15) is 34.7 Å². The van der Waals surface area contributed by atoms with Gasteiger partial charge in [0, 0.05) is 11.6 Å². The molecule has 4 aromatic carbocycles. The van der Waals surface area contributed by atoms with Gasteiger partial charge in [-0.15, -0.1) is 0 Å². The highest BCUT2D eigenvalue weighted by atomic mass is 16.5. The number of fused-ring (bicyclic) bond motifs is 4. The molecule has 0 N–H and O–H groups in total. The summed E-state index contributed by atoms with van der Waals surface area (Å²) in [5.74, 6) is 1.55. The van der Waals surface area contributed by atoms with Crippen LogP contribution in [-0.4, -0.2) is 23.5 Å². The Morgan fingerprint density at radius 3 is 2.23 bits per heavy atom. The Morgan fingerprint density at radius 2 is 1.54 bits per heavy atom. The lowest BCUT2D eigenvalue weighted by molar-refractivity contribution is -0.135. The minimum Gasteiger partial charge on any atom is -0.491 e. The molecule has 4 nitrogen and oxygen atoms in total. The third-order valence-corrected chi connectivity index (χ3v) is 8.17. The second-order valence-corrected chi connectivity index (χ2v) is 10.4. The van der Waals surface area contributed by atoms with Gasteiger partial charge >= 0.3 is 0 Å². The van der Waals surface area contributed by atoms with Crippen LogP contribution in [0.15, 0.2) is 133 Å². The first-order valence-corrected chi connectivity index (χ1v) is 13.5. The lowest BCUT2D eigenvalue weighted by Gasteiger charge is -2.34. The number of carbonyl (C=O) groups excluding carboxylic acids is 1. The molecule has 2 unspecified atom stereocenters. The van der Waals surface area contributed by atoms with Gasteiger partial charge in [-0.3, -0.25) is 4.79 Å². The molecule has 1 amide bonds. The number of allylic oxidation sites excluding steroid dienone is 2. The molecule has 0 bridgehead atoms. The molecular weight excluding hydrogens is 482 g/mol.